The highest BCUT2D eigenvalue weighted by atomic mass is 79.9. The molecule has 1 aliphatic heterocycles. The number of hydrogen-bond donors (Lipinski definition) is 0. The van der Waals surface area contributed by atoms with Gasteiger partial charge in [0.2, 0.25) is 0 Å². The maximum Gasteiger partial charge on any atom is 0.304 e. The summed E-state index contributed by atoms with van der Waals surface area (Å²) in [5.74, 6) is 0.529. The number of hydrogen-bond acceptors (Lipinski definition) is 3. The molecule has 0 saturated carbocycles. The SMILES string of the molecule is COc1ccc(Br)cc1N(C)S(=O)(=O)N1CC1. The maximum absolute atomic E-state index is 12.1. The van der Waals surface area contributed by atoms with Crippen LogP contribution in [-0.2, 0) is 10.2 Å². The number of benzene rings is 1. The molecule has 5 nitrogen and oxygen atoms in total. The van der Waals surface area contributed by atoms with E-state index in [0.29, 0.717) is 24.5 Å². The number of halogens is 1. The van der Waals surface area contributed by atoms with Crippen LogP contribution in [0.1, 0.15) is 0 Å². The molecule has 0 aromatic heterocycles. The van der Waals surface area contributed by atoms with E-state index in [1.807, 2.05) is 0 Å². The van der Waals surface area contributed by atoms with Gasteiger partial charge < -0.3 is 4.74 Å². The Morgan fingerprint density at radius 1 is 1.41 bits per heavy atom. The lowest BCUT2D eigenvalue weighted by molar-refractivity contribution is 0.415. The summed E-state index contributed by atoms with van der Waals surface area (Å²) in [6.45, 7) is 1.17. The number of methoxy groups -OCH3 is 1. The Hall–Kier alpha value is -0.790. The zero-order valence-electron chi connectivity index (χ0n) is 9.55. The predicted molar refractivity (Wildman–Crippen MR) is 69.6 cm³/mol. The summed E-state index contributed by atoms with van der Waals surface area (Å²) in [5.41, 5.74) is 0.522. The molecular weight excluding hydrogens is 308 g/mol. The molecule has 0 radical (unpaired) electrons. The lowest BCUT2D eigenvalue weighted by atomic mass is 10.3. The molecule has 1 aliphatic rings. The van der Waals surface area contributed by atoms with Crippen molar-refractivity contribution >= 4 is 31.8 Å². The molecule has 0 bridgehead atoms. The summed E-state index contributed by atoms with van der Waals surface area (Å²) in [6, 6.07) is 5.26. The Bertz CT molecular complexity index is 528. The monoisotopic (exact) mass is 320 g/mol. The molecule has 0 spiro atoms. The van der Waals surface area contributed by atoms with Gasteiger partial charge in [0, 0.05) is 24.6 Å². The first-order chi connectivity index (χ1) is 7.96. The fraction of sp³-hybridized carbons (Fsp3) is 0.400. The molecule has 2 rings (SSSR count). The fourth-order valence-corrected chi connectivity index (χ4v) is 3.11. The zero-order valence-corrected chi connectivity index (χ0v) is 12.0. The van der Waals surface area contributed by atoms with Crippen LogP contribution in [0.2, 0.25) is 0 Å². The van der Waals surface area contributed by atoms with E-state index in [0.717, 1.165) is 4.47 Å². The van der Waals surface area contributed by atoms with Crippen molar-refractivity contribution in [1.82, 2.24) is 4.31 Å². The lowest BCUT2D eigenvalue weighted by Crippen LogP contribution is -2.32. The van der Waals surface area contributed by atoms with Crippen LogP contribution in [0, 0.1) is 0 Å². The molecule has 7 heteroatoms. The van der Waals surface area contributed by atoms with Gasteiger partial charge in [0.25, 0.3) is 0 Å². The molecular formula is C10H13BrN2O3S. The smallest absolute Gasteiger partial charge is 0.304 e. The second kappa shape index (κ2) is 4.47. The van der Waals surface area contributed by atoms with E-state index in [1.165, 1.54) is 22.8 Å². The summed E-state index contributed by atoms with van der Waals surface area (Å²) >= 11 is 3.32. The van der Waals surface area contributed by atoms with Crippen LogP contribution in [0.25, 0.3) is 0 Å². The summed E-state index contributed by atoms with van der Waals surface area (Å²) < 4.78 is 32.7. The quantitative estimate of drug-likeness (QED) is 0.789. The molecule has 94 valence electrons. The average Bonchev–Trinajstić information content (AvgIpc) is 3.12. The van der Waals surface area contributed by atoms with E-state index in [9.17, 15) is 8.42 Å². The third-order valence-corrected chi connectivity index (χ3v) is 4.96. The van der Waals surface area contributed by atoms with Gasteiger partial charge in [-0.25, -0.2) is 0 Å². The van der Waals surface area contributed by atoms with Crippen molar-refractivity contribution in [1.29, 1.82) is 0 Å². The van der Waals surface area contributed by atoms with E-state index < -0.39 is 10.2 Å². The first kappa shape index (κ1) is 12.7. The molecule has 0 unspecified atom stereocenters. The van der Waals surface area contributed by atoms with E-state index in [4.69, 9.17) is 4.74 Å². The Morgan fingerprint density at radius 2 is 2.06 bits per heavy atom. The summed E-state index contributed by atoms with van der Waals surface area (Å²) in [6.07, 6.45) is 0. The van der Waals surface area contributed by atoms with Crippen molar-refractivity contribution in [3.63, 3.8) is 0 Å². The van der Waals surface area contributed by atoms with Crippen molar-refractivity contribution in [2.75, 3.05) is 31.6 Å². The van der Waals surface area contributed by atoms with E-state index in [-0.39, 0.29) is 0 Å². The second-order valence-electron chi connectivity index (χ2n) is 3.69. The van der Waals surface area contributed by atoms with Crippen LogP contribution in [0.4, 0.5) is 5.69 Å². The Morgan fingerprint density at radius 3 is 2.59 bits per heavy atom. The van der Waals surface area contributed by atoms with Gasteiger partial charge in [-0.05, 0) is 18.2 Å². The summed E-state index contributed by atoms with van der Waals surface area (Å²) in [7, 11) is -0.358. The summed E-state index contributed by atoms with van der Waals surface area (Å²) in [4.78, 5) is 0. The summed E-state index contributed by atoms with van der Waals surface area (Å²) in [5, 5.41) is 0. The van der Waals surface area contributed by atoms with Crippen molar-refractivity contribution < 1.29 is 13.2 Å². The number of rotatable bonds is 4. The highest BCUT2D eigenvalue weighted by Crippen LogP contribution is 2.33. The second-order valence-corrected chi connectivity index (χ2v) is 6.57. The standard InChI is InChI=1S/C10H13BrN2O3S/c1-12(17(14,15)13-5-6-13)9-7-8(11)3-4-10(9)16-2/h3-4,7H,5-6H2,1-2H3. The molecule has 0 amide bonds. The largest absolute Gasteiger partial charge is 0.495 e. The molecule has 0 aliphatic carbocycles. The molecule has 0 N–H and O–H groups in total. The van der Waals surface area contributed by atoms with Crippen molar-refractivity contribution in [2.24, 2.45) is 0 Å². The van der Waals surface area contributed by atoms with Gasteiger partial charge in [0.15, 0.2) is 0 Å². The van der Waals surface area contributed by atoms with Gasteiger partial charge >= 0.3 is 10.2 Å². The van der Waals surface area contributed by atoms with Crippen molar-refractivity contribution in [3.8, 4) is 5.75 Å². The first-order valence-corrected chi connectivity index (χ1v) is 7.23. The number of anilines is 1. The van der Waals surface area contributed by atoms with Crippen LogP contribution < -0.4 is 9.04 Å². The van der Waals surface area contributed by atoms with Crippen LogP contribution in [0.5, 0.6) is 5.75 Å². The number of ether oxygens (including phenoxy) is 1. The lowest BCUT2D eigenvalue weighted by Gasteiger charge is -2.21. The van der Waals surface area contributed by atoms with Crippen LogP contribution in [-0.4, -0.2) is 40.0 Å². The van der Waals surface area contributed by atoms with Crippen molar-refractivity contribution in [3.05, 3.63) is 22.7 Å². The first-order valence-electron chi connectivity index (χ1n) is 5.04. The topological polar surface area (TPSA) is 49.6 Å². The Labute approximate surface area is 109 Å². The third kappa shape index (κ3) is 2.41. The zero-order chi connectivity index (χ0) is 12.6. The highest BCUT2D eigenvalue weighted by molar-refractivity contribution is 9.10. The minimum Gasteiger partial charge on any atom is -0.495 e. The van der Waals surface area contributed by atoms with Crippen LogP contribution >= 0.6 is 15.9 Å². The van der Waals surface area contributed by atoms with Crippen LogP contribution in [0.15, 0.2) is 22.7 Å². The molecule has 0 atom stereocenters. The maximum atomic E-state index is 12.1. The molecule has 17 heavy (non-hydrogen) atoms. The minimum atomic E-state index is -3.40. The van der Waals surface area contributed by atoms with Gasteiger partial charge in [0.1, 0.15) is 5.75 Å². The van der Waals surface area contributed by atoms with Gasteiger partial charge in [-0.15, -0.1) is 0 Å². The molecule has 1 aromatic rings. The fourth-order valence-electron chi connectivity index (χ4n) is 1.48. The molecule has 1 fully saturated rings. The Kier molecular flexibility index (Phi) is 3.33. The highest BCUT2D eigenvalue weighted by Gasteiger charge is 2.36. The van der Waals surface area contributed by atoms with Gasteiger partial charge in [0.05, 0.1) is 12.8 Å². The normalized spacial score (nSPS) is 15.7. The average molecular weight is 321 g/mol. The van der Waals surface area contributed by atoms with Crippen LogP contribution in [0.3, 0.4) is 0 Å². The minimum absolute atomic E-state index is 0.522. The van der Waals surface area contributed by atoms with Gasteiger partial charge in [-0.1, -0.05) is 15.9 Å². The van der Waals surface area contributed by atoms with Crippen molar-refractivity contribution in [2.45, 2.75) is 0 Å². The molecule has 1 heterocycles. The van der Waals surface area contributed by atoms with E-state index in [1.54, 1.807) is 18.2 Å². The van der Waals surface area contributed by atoms with Gasteiger partial charge in [-0.3, -0.25) is 4.31 Å². The molecule has 1 saturated heterocycles. The van der Waals surface area contributed by atoms with E-state index >= 15 is 0 Å². The van der Waals surface area contributed by atoms with Gasteiger partial charge in [-0.2, -0.15) is 12.7 Å². The molecule has 1 aromatic carbocycles. The number of nitrogens with zero attached hydrogens (tertiary/aromatic N) is 2. The Balaban J connectivity index is 2.42. The van der Waals surface area contributed by atoms with E-state index in [2.05, 4.69) is 15.9 Å². The predicted octanol–water partition coefficient (Wildman–Crippen LogP) is 1.45. The third-order valence-electron chi connectivity index (χ3n) is 2.56.